The van der Waals surface area contributed by atoms with Crippen molar-refractivity contribution in [1.82, 2.24) is 15.8 Å². The van der Waals surface area contributed by atoms with E-state index in [1.165, 1.54) is 0 Å². The minimum atomic E-state index is -0.144. The van der Waals surface area contributed by atoms with E-state index in [1.54, 1.807) is 0 Å². The largest absolute Gasteiger partial charge is 0.368 e. The van der Waals surface area contributed by atoms with E-state index in [1.807, 2.05) is 30.3 Å². The number of carbonyl (C=O) groups excluding carboxylic acids is 1. The van der Waals surface area contributed by atoms with Crippen molar-refractivity contribution in [2.75, 3.05) is 11.9 Å². The van der Waals surface area contributed by atoms with Gasteiger partial charge in [-0.05, 0) is 31.4 Å². The zero-order valence-electron chi connectivity index (χ0n) is 14.3. The smallest absolute Gasteiger partial charge is 0.228 e. The fraction of sp³-hybridized carbons (Fsp3) is 0.579. The second-order valence-corrected chi connectivity index (χ2v) is 7.28. The molecule has 6 nitrogen and oxygen atoms in total. The van der Waals surface area contributed by atoms with Gasteiger partial charge in [-0.2, -0.15) is 5.26 Å². The number of hydrogen-bond acceptors (Lipinski definition) is 5. The summed E-state index contributed by atoms with van der Waals surface area (Å²) in [5.74, 6) is 0.00147. The van der Waals surface area contributed by atoms with Crippen LogP contribution in [0.4, 0.5) is 5.69 Å². The third-order valence-corrected chi connectivity index (χ3v) is 5.81. The number of hydrazine groups is 1. The second-order valence-electron chi connectivity index (χ2n) is 7.28. The fourth-order valence-corrected chi connectivity index (χ4v) is 4.61. The van der Waals surface area contributed by atoms with Crippen LogP contribution in [0, 0.1) is 23.2 Å². The van der Waals surface area contributed by atoms with E-state index < -0.39 is 0 Å². The summed E-state index contributed by atoms with van der Waals surface area (Å²) in [4.78, 5) is 12.6. The van der Waals surface area contributed by atoms with Crippen molar-refractivity contribution in [3.05, 3.63) is 30.3 Å². The molecule has 0 bridgehead atoms. The normalized spacial score (nSPS) is 35.5. The van der Waals surface area contributed by atoms with Gasteiger partial charge in [0.2, 0.25) is 5.91 Å². The van der Waals surface area contributed by atoms with Crippen molar-refractivity contribution in [3.8, 4) is 6.07 Å². The van der Waals surface area contributed by atoms with Crippen LogP contribution in [0.25, 0.3) is 0 Å². The molecular weight excluding hydrogens is 314 g/mol. The van der Waals surface area contributed by atoms with E-state index in [2.05, 4.69) is 27.1 Å². The molecule has 25 heavy (non-hydrogen) atoms. The minimum absolute atomic E-state index is 0.0439. The number of piperidine rings is 1. The number of benzene rings is 1. The molecule has 3 N–H and O–H groups in total. The average molecular weight is 339 g/mol. The van der Waals surface area contributed by atoms with Gasteiger partial charge in [0.15, 0.2) is 0 Å². The standard InChI is InChI=1S/C19H25N5O/c20-12-13-6-4-5-9-15(13)24-16-10-11-21-19(25)17(16)18(23-24)22-14-7-2-1-3-8-14/h1-3,7-8,13,15-18,22-23H,4-6,9-11H2,(H,21,25)/t13-,15+,16?,17?,18?/m1/s1. The molecule has 1 aliphatic carbocycles. The van der Waals surface area contributed by atoms with Crippen LogP contribution in [-0.4, -0.2) is 35.7 Å². The third-order valence-electron chi connectivity index (χ3n) is 5.81. The highest BCUT2D eigenvalue weighted by atomic mass is 16.2. The topological polar surface area (TPSA) is 80.2 Å². The van der Waals surface area contributed by atoms with Crippen LogP contribution in [0.3, 0.4) is 0 Å². The van der Waals surface area contributed by atoms with Gasteiger partial charge >= 0.3 is 0 Å². The van der Waals surface area contributed by atoms with Gasteiger partial charge in [-0.1, -0.05) is 31.0 Å². The van der Waals surface area contributed by atoms with Crippen LogP contribution in [0.1, 0.15) is 32.1 Å². The first kappa shape index (κ1) is 16.4. The fourth-order valence-electron chi connectivity index (χ4n) is 4.61. The molecule has 3 aliphatic rings. The zero-order valence-corrected chi connectivity index (χ0v) is 14.3. The maximum Gasteiger partial charge on any atom is 0.228 e. The van der Waals surface area contributed by atoms with E-state index in [-0.39, 0.29) is 36.0 Å². The lowest BCUT2D eigenvalue weighted by Gasteiger charge is -2.39. The Morgan fingerprint density at radius 2 is 1.92 bits per heavy atom. The summed E-state index contributed by atoms with van der Waals surface area (Å²) in [5.41, 5.74) is 4.56. The Morgan fingerprint density at radius 1 is 1.12 bits per heavy atom. The molecule has 1 aromatic rings. The van der Waals surface area contributed by atoms with Gasteiger partial charge in [-0.25, -0.2) is 10.4 Å². The van der Waals surface area contributed by atoms with Crippen molar-refractivity contribution in [1.29, 1.82) is 5.26 Å². The van der Waals surface area contributed by atoms with Gasteiger partial charge in [0, 0.05) is 24.3 Å². The van der Waals surface area contributed by atoms with E-state index in [9.17, 15) is 10.1 Å². The molecule has 2 aliphatic heterocycles. The summed E-state index contributed by atoms with van der Waals surface area (Å²) in [6.45, 7) is 0.709. The predicted octanol–water partition coefficient (Wildman–Crippen LogP) is 1.83. The Balaban J connectivity index is 1.58. The number of nitrogens with one attached hydrogen (secondary N) is 3. The quantitative estimate of drug-likeness (QED) is 0.783. The van der Waals surface area contributed by atoms with Gasteiger partial charge in [-0.3, -0.25) is 4.79 Å². The van der Waals surface area contributed by atoms with Crippen molar-refractivity contribution in [2.24, 2.45) is 11.8 Å². The molecule has 3 unspecified atom stereocenters. The molecule has 5 atom stereocenters. The number of carbonyl (C=O) groups is 1. The van der Waals surface area contributed by atoms with Gasteiger partial charge in [-0.15, -0.1) is 0 Å². The number of hydrogen-bond donors (Lipinski definition) is 3. The van der Waals surface area contributed by atoms with E-state index >= 15 is 0 Å². The second kappa shape index (κ2) is 7.03. The number of anilines is 1. The molecule has 3 fully saturated rings. The Hall–Kier alpha value is -2.10. The Morgan fingerprint density at radius 3 is 2.72 bits per heavy atom. The molecule has 1 amide bonds. The molecule has 6 heteroatoms. The first-order valence-electron chi connectivity index (χ1n) is 9.31. The summed E-state index contributed by atoms with van der Waals surface area (Å²) in [5, 5.41) is 18.3. The van der Waals surface area contributed by atoms with Crippen LogP contribution >= 0.6 is 0 Å². The van der Waals surface area contributed by atoms with E-state index in [0.29, 0.717) is 6.54 Å². The summed E-state index contributed by atoms with van der Waals surface area (Å²) in [7, 11) is 0. The molecule has 4 rings (SSSR count). The molecular formula is C19H25N5O. The minimum Gasteiger partial charge on any atom is -0.368 e. The first-order valence-corrected chi connectivity index (χ1v) is 9.31. The van der Waals surface area contributed by atoms with Crippen LogP contribution in [0.2, 0.25) is 0 Å². The Kier molecular flexibility index (Phi) is 4.60. The van der Waals surface area contributed by atoms with Crippen LogP contribution in [0.15, 0.2) is 30.3 Å². The number of rotatable bonds is 3. The first-order chi connectivity index (χ1) is 12.3. The molecule has 0 radical (unpaired) electrons. The molecule has 1 saturated carbocycles. The lowest BCUT2D eigenvalue weighted by Crippen LogP contribution is -2.54. The average Bonchev–Trinajstić information content (AvgIpc) is 3.02. The molecule has 0 spiro atoms. The van der Waals surface area contributed by atoms with E-state index in [4.69, 9.17) is 0 Å². The number of nitriles is 1. The molecule has 132 valence electrons. The van der Waals surface area contributed by atoms with Crippen LogP contribution in [-0.2, 0) is 4.79 Å². The molecule has 1 aromatic carbocycles. The number of fused-ring (bicyclic) bond motifs is 1. The highest BCUT2D eigenvalue weighted by Gasteiger charge is 2.50. The van der Waals surface area contributed by atoms with Gasteiger partial charge < -0.3 is 10.6 Å². The lowest BCUT2D eigenvalue weighted by molar-refractivity contribution is -0.128. The van der Waals surface area contributed by atoms with Gasteiger partial charge in [0.05, 0.1) is 17.9 Å². The van der Waals surface area contributed by atoms with Crippen LogP contribution in [0.5, 0.6) is 0 Å². The molecule has 0 aromatic heterocycles. The third kappa shape index (κ3) is 3.10. The highest BCUT2D eigenvalue weighted by molar-refractivity contribution is 5.82. The maximum atomic E-state index is 12.6. The number of para-hydroxylation sites is 1. The van der Waals surface area contributed by atoms with E-state index in [0.717, 1.165) is 37.8 Å². The van der Waals surface area contributed by atoms with Crippen molar-refractivity contribution in [3.63, 3.8) is 0 Å². The maximum absolute atomic E-state index is 12.6. The predicted molar refractivity (Wildman–Crippen MR) is 95.1 cm³/mol. The number of nitrogens with zero attached hydrogens (tertiary/aromatic N) is 2. The summed E-state index contributed by atoms with van der Waals surface area (Å²) >= 11 is 0. The Bertz CT molecular complexity index is 658. The Labute approximate surface area is 148 Å². The van der Waals surface area contributed by atoms with Crippen molar-refractivity contribution in [2.45, 2.75) is 50.4 Å². The highest BCUT2D eigenvalue weighted by Crippen LogP contribution is 2.36. The monoisotopic (exact) mass is 339 g/mol. The molecule has 2 saturated heterocycles. The molecule has 2 heterocycles. The lowest BCUT2D eigenvalue weighted by atomic mass is 9.83. The SMILES string of the molecule is N#C[C@H]1CCCC[C@@H]1N1NC(Nc2ccccc2)C2C(=O)NCCC21. The van der Waals surface area contributed by atoms with Crippen LogP contribution < -0.4 is 16.1 Å². The number of amides is 1. The summed E-state index contributed by atoms with van der Waals surface area (Å²) in [6, 6.07) is 12.8. The zero-order chi connectivity index (χ0) is 17.2. The summed E-state index contributed by atoms with van der Waals surface area (Å²) < 4.78 is 0. The summed E-state index contributed by atoms with van der Waals surface area (Å²) in [6.07, 6.45) is 5.04. The van der Waals surface area contributed by atoms with Crippen molar-refractivity contribution >= 4 is 11.6 Å². The van der Waals surface area contributed by atoms with Gasteiger partial charge in [0.25, 0.3) is 0 Å². The van der Waals surface area contributed by atoms with Crippen molar-refractivity contribution < 1.29 is 4.79 Å². The van der Waals surface area contributed by atoms with Gasteiger partial charge in [0.1, 0.15) is 6.17 Å².